The minimum absolute atomic E-state index is 0.174. The smallest absolute Gasteiger partial charge is 0.266 e. The number of hydrogen-bond acceptors (Lipinski definition) is 8. The molecule has 3 aromatic heterocycles. The number of morpholine rings is 1. The van der Waals surface area contributed by atoms with E-state index in [0.717, 1.165) is 17.0 Å². The van der Waals surface area contributed by atoms with E-state index in [4.69, 9.17) is 9.72 Å². The van der Waals surface area contributed by atoms with Crippen LogP contribution in [0.5, 0.6) is 0 Å². The summed E-state index contributed by atoms with van der Waals surface area (Å²) >= 11 is 0. The number of fused-ring (bicyclic) bond motifs is 1. The third-order valence-electron chi connectivity index (χ3n) is 5.83. The van der Waals surface area contributed by atoms with Gasteiger partial charge in [-0.05, 0) is 13.8 Å². The highest BCUT2D eigenvalue weighted by atomic mass is 19.3. The SMILES string of the molecule is Cc1nc2nc(N3CCOC(c4cnn(C)c4)C3)nc(N3CCC(F)(F)C3)c2nc1C. The van der Waals surface area contributed by atoms with Crippen LogP contribution in [0.25, 0.3) is 11.2 Å². The number of nitrogens with zero attached hydrogens (tertiary/aromatic N) is 8. The molecule has 1 unspecified atom stereocenters. The summed E-state index contributed by atoms with van der Waals surface area (Å²) in [7, 11) is 1.86. The topological polar surface area (TPSA) is 85.1 Å². The van der Waals surface area contributed by atoms with Crippen LogP contribution >= 0.6 is 0 Å². The summed E-state index contributed by atoms with van der Waals surface area (Å²) in [5.41, 5.74) is 3.34. The molecule has 0 aliphatic carbocycles. The van der Waals surface area contributed by atoms with Gasteiger partial charge in [-0.3, -0.25) is 4.68 Å². The Kier molecular flexibility index (Phi) is 4.72. The molecule has 5 rings (SSSR count). The number of aryl methyl sites for hydroxylation is 3. The van der Waals surface area contributed by atoms with Crippen LogP contribution in [0.2, 0.25) is 0 Å². The molecule has 11 heteroatoms. The zero-order chi connectivity index (χ0) is 21.8. The molecular weight excluding hydrogens is 406 g/mol. The van der Waals surface area contributed by atoms with E-state index >= 15 is 0 Å². The summed E-state index contributed by atoms with van der Waals surface area (Å²) in [6.07, 6.45) is 3.33. The second-order valence-corrected chi connectivity index (χ2v) is 8.19. The monoisotopic (exact) mass is 430 g/mol. The zero-order valence-electron chi connectivity index (χ0n) is 17.7. The van der Waals surface area contributed by atoms with Crippen molar-refractivity contribution in [3.8, 4) is 0 Å². The van der Waals surface area contributed by atoms with E-state index in [0.29, 0.717) is 42.6 Å². The molecule has 0 radical (unpaired) electrons. The van der Waals surface area contributed by atoms with Crippen LogP contribution in [0, 0.1) is 13.8 Å². The Labute approximate surface area is 178 Å². The van der Waals surface area contributed by atoms with Gasteiger partial charge in [-0.2, -0.15) is 15.1 Å². The van der Waals surface area contributed by atoms with Crippen LogP contribution in [0.3, 0.4) is 0 Å². The highest BCUT2D eigenvalue weighted by Crippen LogP contribution is 2.34. The van der Waals surface area contributed by atoms with Gasteiger partial charge in [-0.1, -0.05) is 0 Å². The summed E-state index contributed by atoms with van der Waals surface area (Å²) in [5, 5.41) is 4.22. The Morgan fingerprint density at radius 3 is 2.58 bits per heavy atom. The van der Waals surface area contributed by atoms with Crippen LogP contribution in [0.4, 0.5) is 20.5 Å². The number of ether oxygens (including phenoxy) is 1. The highest BCUT2D eigenvalue weighted by Gasteiger charge is 2.40. The average Bonchev–Trinajstić information content (AvgIpc) is 3.33. The van der Waals surface area contributed by atoms with Crippen molar-refractivity contribution >= 4 is 22.9 Å². The van der Waals surface area contributed by atoms with E-state index in [9.17, 15) is 8.78 Å². The Hall–Kier alpha value is -2.95. The van der Waals surface area contributed by atoms with Gasteiger partial charge in [-0.15, -0.1) is 0 Å². The first kappa shape index (κ1) is 20.0. The van der Waals surface area contributed by atoms with Crippen molar-refractivity contribution in [3.05, 3.63) is 29.3 Å². The molecule has 2 saturated heterocycles. The van der Waals surface area contributed by atoms with Gasteiger partial charge < -0.3 is 14.5 Å². The van der Waals surface area contributed by atoms with Gasteiger partial charge in [0, 0.05) is 38.3 Å². The van der Waals surface area contributed by atoms with Crippen molar-refractivity contribution in [2.45, 2.75) is 32.3 Å². The van der Waals surface area contributed by atoms with Gasteiger partial charge in [-0.25, -0.2) is 18.7 Å². The van der Waals surface area contributed by atoms with Crippen molar-refractivity contribution in [2.24, 2.45) is 7.05 Å². The van der Waals surface area contributed by atoms with Gasteiger partial charge in [0.1, 0.15) is 6.10 Å². The van der Waals surface area contributed by atoms with Crippen molar-refractivity contribution in [1.82, 2.24) is 29.7 Å². The van der Waals surface area contributed by atoms with E-state index in [1.807, 2.05) is 32.0 Å². The summed E-state index contributed by atoms with van der Waals surface area (Å²) in [5.74, 6) is -1.88. The molecule has 5 heterocycles. The Morgan fingerprint density at radius 1 is 1.06 bits per heavy atom. The van der Waals surface area contributed by atoms with E-state index in [1.165, 1.54) is 0 Å². The lowest BCUT2D eigenvalue weighted by Crippen LogP contribution is -2.39. The lowest BCUT2D eigenvalue weighted by molar-refractivity contribution is 0.0257. The fraction of sp³-hybridized carbons (Fsp3) is 0.550. The molecular formula is C20H24F2N8O. The number of aromatic nitrogens is 6. The second-order valence-electron chi connectivity index (χ2n) is 8.19. The van der Waals surface area contributed by atoms with Gasteiger partial charge in [0.2, 0.25) is 5.95 Å². The largest absolute Gasteiger partial charge is 0.370 e. The number of anilines is 2. The molecule has 0 amide bonds. The minimum Gasteiger partial charge on any atom is -0.370 e. The molecule has 2 aliphatic rings. The number of rotatable bonds is 3. The molecule has 0 aromatic carbocycles. The zero-order valence-corrected chi connectivity index (χ0v) is 17.7. The van der Waals surface area contributed by atoms with Crippen LogP contribution in [-0.2, 0) is 11.8 Å². The Balaban J connectivity index is 1.55. The van der Waals surface area contributed by atoms with Crippen LogP contribution in [0.15, 0.2) is 12.4 Å². The van der Waals surface area contributed by atoms with Gasteiger partial charge in [0.05, 0.1) is 37.3 Å². The first-order valence-corrected chi connectivity index (χ1v) is 10.3. The fourth-order valence-electron chi connectivity index (χ4n) is 4.00. The molecule has 2 aliphatic heterocycles. The highest BCUT2D eigenvalue weighted by molar-refractivity contribution is 5.84. The number of halogens is 2. The van der Waals surface area contributed by atoms with Gasteiger partial charge in [0.25, 0.3) is 5.92 Å². The molecule has 0 bridgehead atoms. The standard InChI is InChI=1S/C20H24F2N8O/c1-12-13(2)25-17-16(24-12)18(30-5-4-20(21,22)11-30)27-19(26-17)29-6-7-31-15(10-29)14-8-23-28(3)9-14/h8-9,15H,4-7,10-11H2,1-3H3. The molecule has 1 atom stereocenters. The lowest BCUT2D eigenvalue weighted by Gasteiger charge is -2.33. The molecule has 0 saturated carbocycles. The molecule has 9 nitrogen and oxygen atoms in total. The Bertz CT molecular complexity index is 1130. The normalized spacial score (nSPS) is 21.3. The quantitative estimate of drug-likeness (QED) is 0.625. The molecule has 164 valence electrons. The second kappa shape index (κ2) is 7.33. The van der Waals surface area contributed by atoms with Crippen LogP contribution in [0.1, 0.15) is 29.5 Å². The molecule has 3 aromatic rings. The van der Waals surface area contributed by atoms with Gasteiger partial charge >= 0.3 is 0 Å². The first-order chi connectivity index (χ1) is 14.8. The fourth-order valence-corrected chi connectivity index (χ4v) is 4.00. The summed E-state index contributed by atoms with van der Waals surface area (Å²) in [4.78, 5) is 22.1. The minimum atomic E-state index is -2.74. The van der Waals surface area contributed by atoms with Crippen LogP contribution in [-0.4, -0.2) is 68.4 Å². The summed E-state index contributed by atoms with van der Waals surface area (Å²) < 4.78 is 35.6. The summed E-state index contributed by atoms with van der Waals surface area (Å²) in [6, 6.07) is 0. The molecule has 2 fully saturated rings. The van der Waals surface area contributed by atoms with E-state index in [1.54, 1.807) is 15.8 Å². The predicted octanol–water partition coefficient (Wildman–Crippen LogP) is 2.19. The van der Waals surface area contributed by atoms with Gasteiger partial charge in [0.15, 0.2) is 17.0 Å². The van der Waals surface area contributed by atoms with Crippen LogP contribution < -0.4 is 9.80 Å². The third kappa shape index (κ3) is 3.78. The predicted molar refractivity (Wildman–Crippen MR) is 110 cm³/mol. The third-order valence-corrected chi connectivity index (χ3v) is 5.83. The van der Waals surface area contributed by atoms with E-state index in [-0.39, 0.29) is 25.6 Å². The molecule has 31 heavy (non-hydrogen) atoms. The maximum absolute atomic E-state index is 14.0. The van der Waals surface area contributed by atoms with Crippen molar-refractivity contribution in [3.63, 3.8) is 0 Å². The Morgan fingerprint density at radius 2 is 1.87 bits per heavy atom. The molecule has 0 spiro atoms. The van der Waals surface area contributed by atoms with Crippen molar-refractivity contribution in [2.75, 3.05) is 42.6 Å². The summed E-state index contributed by atoms with van der Waals surface area (Å²) in [6.45, 7) is 5.17. The van der Waals surface area contributed by atoms with E-state index < -0.39 is 5.92 Å². The number of alkyl halides is 2. The lowest BCUT2D eigenvalue weighted by atomic mass is 10.1. The maximum Gasteiger partial charge on any atom is 0.266 e. The maximum atomic E-state index is 14.0. The first-order valence-electron chi connectivity index (χ1n) is 10.3. The average molecular weight is 430 g/mol. The van der Waals surface area contributed by atoms with E-state index in [2.05, 4.69) is 20.1 Å². The van der Waals surface area contributed by atoms with Crippen molar-refractivity contribution < 1.29 is 13.5 Å². The number of hydrogen-bond donors (Lipinski definition) is 0. The molecule has 0 N–H and O–H groups in total. The van der Waals surface area contributed by atoms with Crippen molar-refractivity contribution in [1.29, 1.82) is 0 Å².